The molecule has 1 amide bonds. The van der Waals surface area contributed by atoms with Gasteiger partial charge in [0.15, 0.2) is 5.60 Å². The number of benzene rings is 2. The topological polar surface area (TPSA) is 136 Å². The van der Waals surface area contributed by atoms with Gasteiger partial charge >= 0.3 is 0 Å². The number of amides is 1. The second kappa shape index (κ2) is 14.1. The molecule has 1 aromatic heterocycles. The largest absolute Gasteiger partial charge is 0.658 e. The van der Waals surface area contributed by atoms with E-state index < -0.39 is 82.5 Å². The number of halogens is 4. The van der Waals surface area contributed by atoms with Crippen molar-refractivity contribution in [3.63, 3.8) is 0 Å². The van der Waals surface area contributed by atoms with Gasteiger partial charge in [0.25, 0.3) is 5.91 Å². The Bertz CT molecular complexity index is 1620. The van der Waals surface area contributed by atoms with Crippen molar-refractivity contribution in [3.05, 3.63) is 98.3 Å². The molecule has 4 unspecified atom stereocenters. The second-order valence-electron chi connectivity index (χ2n) is 10.7. The fourth-order valence-electron chi connectivity index (χ4n) is 5.36. The van der Waals surface area contributed by atoms with E-state index in [0.717, 1.165) is 10.8 Å². The van der Waals surface area contributed by atoms with Crippen molar-refractivity contribution >= 4 is 11.6 Å². The number of rotatable bonds is 8. The number of hydrogen-bond acceptors (Lipinski definition) is 7. The minimum absolute atomic E-state index is 0. The van der Waals surface area contributed by atoms with Crippen LogP contribution in [0.25, 0.3) is 5.32 Å². The van der Waals surface area contributed by atoms with Crippen LogP contribution in [0.1, 0.15) is 47.3 Å². The molecule has 0 aliphatic carbocycles. The standard InChI is InChI=1S/C30H29F4N4O6.W/c1-16-7-8-30(27(40)23(11-31)37-44-30)24(13-35-16)38-14-20(28(41)36-12-19-21(33)9-18(32)10-22(19)34)25(39)26(29(38)42)43-15-17-5-3-2-4-6-17;/h2-6,9-10,14,16,24,27,40,42H,7-8,11-13,15H2,1H3,(H,36,41);/q-1;. The minimum atomic E-state index is -1.63. The van der Waals surface area contributed by atoms with Gasteiger partial charge in [-0.3, -0.25) is 9.59 Å². The zero-order chi connectivity index (χ0) is 31.6. The summed E-state index contributed by atoms with van der Waals surface area (Å²) in [5, 5.41) is 33.1. The number of nitrogens with one attached hydrogen (secondary N) is 1. The van der Waals surface area contributed by atoms with E-state index in [1.54, 1.807) is 30.3 Å². The maximum absolute atomic E-state index is 14.2. The van der Waals surface area contributed by atoms with Crippen LogP contribution in [0.4, 0.5) is 17.6 Å². The van der Waals surface area contributed by atoms with E-state index in [1.165, 1.54) is 0 Å². The first-order valence-electron chi connectivity index (χ1n) is 13.8. The van der Waals surface area contributed by atoms with Crippen molar-refractivity contribution in [2.75, 3.05) is 13.2 Å². The summed E-state index contributed by atoms with van der Waals surface area (Å²) < 4.78 is 62.3. The number of ether oxygens (including phenoxy) is 1. The first kappa shape index (κ1) is 34.1. The molecule has 3 heterocycles. The molecule has 240 valence electrons. The molecule has 4 atom stereocenters. The Kier molecular flexibility index (Phi) is 10.7. The predicted molar refractivity (Wildman–Crippen MR) is 150 cm³/mol. The Hall–Kier alpha value is -3.74. The van der Waals surface area contributed by atoms with Gasteiger partial charge < -0.3 is 35.0 Å². The van der Waals surface area contributed by atoms with E-state index in [0.29, 0.717) is 24.1 Å². The SMILES string of the molecule is CC1CCC2(ON=C(CF)C2O)C(n2cc(C(=O)NCc3c(F)cc(F)cc3F)c(=O)c(OCc3ccccc3)c2O)C[N-]1.[W]. The summed E-state index contributed by atoms with van der Waals surface area (Å²) in [5.74, 6) is -6.10. The smallest absolute Gasteiger partial charge is 0.257 e. The van der Waals surface area contributed by atoms with Crippen LogP contribution in [-0.4, -0.2) is 57.4 Å². The summed E-state index contributed by atoms with van der Waals surface area (Å²) in [5.41, 5.74) is -3.57. The van der Waals surface area contributed by atoms with Gasteiger partial charge in [-0.25, -0.2) is 17.6 Å². The number of aromatic hydroxyl groups is 1. The first-order valence-corrected chi connectivity index (χ1v) is 13.8. The molecule has 2 aliphatic rings. The third-order valence-corrected chi connectivity index (χ3v) is 7.86. The number of hydrogen-bond donors (Lipinski definition) is 3. The Morgan fingerprint density at radius 1 is 1.22 bits per heavy atom. The Morgan fingerprint density at radius 3 is 2.56 bits per heavy atom. The number of carbonyl (C=O) groups excluding carboxylic acids is 1. The van der Waals surface area contributed by atoms with Crippen molar-refractivity contribution in [3.8, 4) is 11.6 Å². The number of oxime groups is 1. The number of carbonyl (C=O) groups is 1. The minimum Gasteiger partial charge on any atom is -0.658 e. The molecular formula is C30H29F4N4O6W-. The number of aromatic nitrogens is 1. The summed E-state index contributed by atoms with van der Waals surface area (Å²) in [6.45, 7) is -0.317. The molecular weight excluding hydrogens is 772 g/mol. The van der Waals surface area contributed by atoms with Crippen molar-refractivity contribution in [2.45, 2.75) is 56.7 Å². The van der Waals surface area contributed by atoms with Gasteiger partial charge in [0.1, 0.15) is 48.1 Å². The average molecular weight is 801 g/mol. The fraction of sp³-hybridized carbons (Fsp3) is 0.367. The van der Waals surface area contributed by atoms with Gasteiger partial charge in [0.05, 0.1) is 6.04 Å². The molecule has 0 radical (unpaired) electrons. The molecule has 0 bridgehead atoms. The molecule has 3 N–H and O–H groups in total. The second-order valence-corrected chi connectivity index (χ2v) is 10.7. The van der Waals surface area contributed by atoms with E-state index in [1.807, 2.05) is 6.92 Å². The molecule has 2 aliphatic heterocycles. The Labute approximate surface area is 269 Å². The molecule has 2 aromatic carbocycles. The number of aliphatic hydroxyl groups excluding tert-OH is 1. The maximum atomic E-state index is 14.2. The zero-order valence-corrected chi connectivity index (χ0v) is 26.8. The molecule has 1 saturated heterocycles. The number of nitrogens with zero attached hydrogens (tertiary/aromatic N) is 3. The maximum Gasteiger partial charge on any atom is 0.257 e. The Morgan fingerprint density at radius 2 is 1.91 bits per heavy atom. The summed E-state index contributed by atoms with van der Waals surface area (Å²) in [7, 11) is 0. The van der Waals surface area contributed by atoms with E-state index in [-0.39, 0.29) is 52.4 Å². The quantitative estimate of drug-likeness (QED) is 0.295. The third-order valence-electron chi connectivity index (χ3n) is 7.86. The van der Waals surface area contributed by atoms with Crippen LogP contribution < -0.4 is 15.5 Å². The van der Waals surface area contributed by atoms with Gasteiger partial charge in [-0.2, -0.15) is 0 Å². The molecule has 1 spiro atoms. The van der Waals surface area contributed by atoms with Gasteiger partial charge in [-0.1, -0.05) is 48.8 Å². The molecule has 15 heteroatoms. The molecule has 1 fully saturated rings. The van der Waals surface area contributed by atoms with Crippen molar-refractivity contribution in [1.29, 1.82) is 0 Å². The first-order chi connectivity index (χ1) is 21.1. The summed E-state index contributed by atoms with van der Waals surface area (Å²) in [6, 6.07) is 8.20. The van der Waals surface area contributed by atoms with Crippen molar-refractivity contribution in [1.82, 2.24) is 9.88 Å². The summed E-state index contributed by atoms with van der Waals surface area (Å²) >= 11 is 0. The van der Waals surface area contributed by atoms with E-state index in [2.05, 4.69) is 15.8 Å². The molecule has 10 nitrogen and oxygen atoms in total. The normalized spacial score (nSPS) is 22.6. The zero-order valence-electron chi connectivity index (χ0n) is 23.9. The number of aliphatic hydroxyl groups is 1. The monoisotopic (exact) mass is 801 g/mol. The molecule has 5 rings (SSSR count). The number of alkyl halides is 1. The number of pyridine rings is 1. The van der Waals surface area contributed by atoms with Crippen LogP contribution in [-0.2, 0) is 39.1 Å². The van der Waals surface area contributed by atoms with Crippen LogP contribution in [0.2, 0.25) is 0 Å². The molecule has 0 saturated carbocycles. The van der Waals surface area contributed by atoms with Gasteiger partial charge in [0, 0.05) is 51.5 Å². The summed E-state index contributed by atoms with van der Waals surface area (Å²) in [6.07, 6.45) is -0.0377. The van der Waals surface area contributed by atoms with Crippen LogP contribution in [0.5, 0.6) is 11.6 Å². The molecule has 3 aromatic rings. The van der Waals surface area contributed by atoms with Gasteiger partial charge in [0.2, 0.25) is 17.1 Å². The van der Waals surface area contributed by atoms with Crippen LogP contribution >= 0.6 is 0 Å². The van der Waals surface area contributed by atoms with Crippen LogP contribution in [0.15, 0.2) is 58.6 Å². The predicted octanol–water partition coefficient (Wildman–Crippen LogP) is 4.03. The van der Waals surface area contributed by atoms with Gasteiger partial charge in [-0.15, -0.1) is 12.6 Å². The molecule has 45 heavy (non-hydrogen) atoms. The van der Waals surface area contributed by atoms with E-state index in [9.17, 15) is 37.4 Å². The van der Waals surface area contributed by atoms with Crippen LogP contribution in [0.3, 0.4) is 0 Å². The Balaban J connectivity index is 0.00000461. The van der Waals surface area contributed by atoms with Crippen molar-refractivity contribution in [2.24, 2.45) is 5.16 Å². The van der Waals surface area contributed by atoms with Gasteiger partial charge in [-0.05, 0) is 12.0 Å². The van der Waals surface area contributed by atoms with E-state index in [4.69, 9.17) is 9.57 Å². The fourth-order valence-corrected chi connectivity index (χ4v) is 5.36. The van der Waals surface area contributed by atoms with E-state index >= 15 is 0 Å². The van der Waals surface area contributed by atoms with Crippen molar-refractivity contribution < 1.29 is 63.2 Å². The third kappa shape index (κ3) is 6.78. The summed E-state index contributed by atoms with van der Waals surface area (Å²) in [4.78, 5) is 32.5. The van der Waals surface area contributed by atoms with Crippen LogP contribution in [0, 0.1) is 17.5 Å². The average Bonchev–Trinajstić information content (AvgIpc) is 3.21.